The number of piperidine rings is 1. The molecule has 1 heterocycles. The maximum atomic E-state index is 12.9. The Hall–Kier alpha value is -1.13. The van der Waals surface area contributed by atoms with E-state index in [9.17, 15) is 9.50 Å². The Bertz CT molecular complexity index is 389. The summed E-state index contributed by atoms with van der Waals surface area (Å²) < 4.78 is 12.9. The van der Waals surface area contributed by atoms with Crippen LogP contribution in [0.25, 0.3) is 0 Å². The van der Waals surface area contributed by atoms with Crippen LogP contribution in [0.2, 0.25) is 0 Å². The number of hydrogen-bond donors (Lipinski definition) is 2. The molecule has 1 aromatic rings. The van der Waals surface area contributed by atoms with E-state index in [0.29, 0.717) is 11.3 Å². The van der Waals surface area contributed by atoms with Crippen LogP contribution < -0.4 is 5.73 Å². The lowest BCUT2D eigenvalue weighted by atomic mass is 9.87. The molecule has 1 saturated heterocycles. The van der Waals surface area contributed by atoms with Gasteiger partial charge in [-0.2, -0.15) is 0 Å². The predicted octanol–water partition coefficient (Wildman–Crippen LogP) is 1.78. The predicted molar refractivity (Wildman–Crippen MR) is 66.0 cm³/mol. The fourth-order valence-electron chi connectivity index (χ4n) is 2.41. The molecule has 1 aromatic carbocycles. The molecule has 3 N–H and O–H groups in total. The summed E-state index contributed by atoms with van der Waals surface area (Å²) in [5.74, 6) is -0.138. The van der Waals surface area contributed by atoms with Crippen molar-refractivity contribution in [3.05, 3.63) is 29.6 Å². The zero-order valence-electron chi connectivity index (χ0n) is 10.1. The number of aliphatic hydroxyl groups excluding tert-OH is 1. The highest BCUT2D eigenvalue weighted by Crippen LogP contribution is 2.33. The van der Waals surface area contributed by atoms with Crippen molar-refractivity contribution in [2.45, 2.75) is 18.9 Å². The standard InChI is InChI=1S/C13H19FN2O/c1-16-6-4-9(5-7-16)13(17)11-3-2-10(14)8-12(11)15/h2-3,8-9,13,17H,4-7,15H2,1H3. The molecule has 3 nitrogen and oxygen atoms in total. The summed E-state index contributed by atoms with van der Waals surface area (Å²) in [6.07, 6.45) is 1.33. The van der Waals surface area contributed by atoms with Gasteiger partial charge >= 0.3 is 0 Å². The summed E-state index contributed by atoms with van der Waals surface area (Å²) in [6, 6.07) is 4.21. The van der Waals surface area contributed by atoms with E-state index in [4.69, 9.17) is 5.73 Å². The molecule has 0 amide bonds. The van der Waals surface area contributed by atoms with E-state index >= 15 is 0 Å². The van der Waals surface area contributed by atoms with Gasteiger partial charge in [0.15, 0.2) is 0 Å². The highest BCUT2D eigenvalue weighted by Gasteiger charge is 2.26. The Morgan fingerprint density at radius 3 is 2.65 bits per heavy atom. The molecular formula is C13H19FN2O. The number of nitrogens with two attached hydrogens (primary N) is 1. The minimum atomic E-state index is -0.579. The van der Waals surface area contributed by atoms with Gasteiger partial charge in [-0.05, 0) is 51.0 Å². The van der Waals surface area contributed by atoms with Crippen molar-refractivity contribution in [1.82, 2.24) is 4.90 Å². The molecule has 4 heteroatoms. The molecule has 0 radical (unpaired) electrons. The van der Waals surface area contributed by atoms with Crippen LogP contribution in [0.15, 0.2) is 18.2 Å². The number of halogens is 1. The monoisotopic (exact) mass is 238 g/mol. The lowest BCUT2D eigenvalue weighted by molar-refractivity contribution is 0.0662. The lowest BCUT2D eigenvalue weighted by Gasteiger charge is -2.32. The van der Waals surface area contributed by atoms with Gasteiger partial charge in [0.05, 0.1) is 6.10 Å². The molecule has 2 rings (SSSR count). The second kappa shape index (κ2) is 5.02. The van der Waals surface area contributed by atoms with E-state index in [0.717, 1.165) is 25.9 Å². The number of rotatable bonds is 2. The molecule has 0 aromatic heterocycles. The van der Waals surface area contributed by atoms with Crippen molar-refractivity contribution in [3.63, 3.8) is 0 Å². The maximum absolute atomic E-state index is 12.9. The van der Waals surface area contributed by atoms with Gasteiger partial charge in [0.25, 0.3) is 0 Å². The first-order chi connectivity index (χ1) is 8.08. The van der Waals surface area contributed by atoms with Crippen LogP contribution in [0.1, 0.15) is 24.5 Å². The quantitative estimate of drug-likeness (QED) is 0.772. The highest BCUT2D eigenvalue weighted by atomic mass is 19.1. The van der Waals surface area contributed by atoms with Gasteiger partial charge in [-0.25, -0.2) is 4.39 Å². The Morgan fingerprint density at radius 1 is 1.41 bits per heavy atom. The second-order valence-corrected chi connectivity index (χ2v) is 4.86. The molecule has 17 heavy (non-hydrogen) atoms. The van der Waals surface area contributed by atoms with E-state index in [2.05, 4.69) is 11.9 Å². The minimum absolute atomic E-state index is 0.221. The normalized spacial score (nSPS) is 20.4. The van der Waals surface area contributed by atoms with Crippen molar-refractivity contribution in [1.29, 1.82) is 0 Å². The fourth-order valence-corrected chi connectivity index (χ4v) is 2.41. The van der Waals surface area contributed by atoms with Gasteiger partial charge in [-0.15, -0.1) is 0 Å². The van der Waals surface area contributed by atoms with Gasteiger partial charge in [-0.3, -0.25) is 0 Å². The molecule has 94 valence electrons. The summed E-state index contributed by atoms with van der Waals surface area (Å²) in [4.78, 5) is 2.25. The average Bonchev–Trinajstić information content (AvgIpc) is 2.29. The maximum Gasteiger partial charge on any atom is 0.125 e. The number of benzene rings is 1. The molecule has 1 fully saturated rings. The van der Waals surface area contributed by atoms with E-state index in [-0.39, 0.29) is 11.7 Å². The highest BCUT2D eigenvalue weighted by molar-refractivity contribution is 5.48. The third kappa shape index (κ3) is 2.76. The minimum Gasteiger partial charge on any atom is -0.398 e. The molecule has 0 spiro atoms. The fraction of sp³-hybridized carbons (Fsp3) is 0.538. The van der Waals surface area contributed by atoms with Crippen LogP contribution in [-0.2, 0) is 0 Å². The number of anilines is 1. The molecule has 1 unspecified atom stereocenters. The van der Waals surface area contributed by atoms with Crippen molar-refractivity contribution >= 4 is 5.69 Å². The number of likely N-dealkylation sites (tertiary alicyclic amines) is 1. The summed E-state index contributed by atoms with van der Waals surface area (Å²) in [7, 11) is 2.08. The topological polar surface area (TPSA) is 49.5 Å². The smallest absolute Gasteiger partial charge is 0.125 e. The molecule has 1 aliphatic heterocycles. The third-order valence-corrected chi connectivity index (χ3v) is 3.58. The molecular weight excluding hydrogens is 219 g/mol. The lowest BCUT2D eigenvalue weighted by Crippen LogP contribution is -2.32. The average molecular weight is 238 g/mol. The van der Waals surface area contributed by atoms with E-state index in [1.54, 1.807) is 6.07 Å². The van der Waals surface area contributed by atoms with Crippen LogP contribution in [-0.4, -0.2) is 30.1 Å². The van der Waals surface area contributed by atoms with E-state index in [1.165, 1.54) is 12.1 Å². The van der Waals surface area contributed by atoms with Crippen LogP contribution in [0.5, 0.6) is 0 Å². The van der Waals surface area contributed by atoms with Crippen LogP contribution in [0.3, 0.4) is 0 Å². The van der Waals surface area contributed by atoms with Crippen LogP contribution in [0, 0.1) is 11.7 Å². The van der Waals surface area contributed by atoms with Gasteiger partial charge in [-0.1, -0.05) is 6.07 Å². The largest absolute Gasteiger partial charge is 0.398 e. The molecule has 1 atom stereocenters. The van der Waals surface area contributed by atoms with Gasteiger partial charge in [0, 0.05) is 11.3 Å². The zero-order valence-corrected chi connectivity index (χ0v) is 10.1. The number of aliphatic hydroxyl groups is 1. The van der Waals surface area contributed by atoms with Gasteiger partial charge in [0.1, 0.15) is 5.82 Å². The molecule has 0 bridgehead atoms. The summed E-state index contributed by atoms with van der Waals surface area (Å²) in [5, 5.41) is 10.3. The summed E-state index contributed by atoms with van der Waals surface area (Å²) in [5.41, 5.74) is 6.74. The number of hydrogen-bond acceptors (Lipinski definition) is 3. The number of nitrogens with zero attached hydrogens (tertiary/aromatic N) is 1. The summed E-state index contributed by atoms with van der Waals surface area (Å²) >= 11 is 0. The molecule has 1 aliphatic rings. The Labute approximate surface area is 101 Å². The van der Waals surface area contributed by atoms with Crippen molar-refractivity contribution in [2.75, 3.05) is 25.9 Å². The Kier molecular flexibility index (Phi) is 3.64. The zero-order chi connectivity index (χ0) is 12.4. The van der Waals surface area contributed by atoms with Crippen LogP contribution >= 0.6 is 0 Å². The van der Waals surface area contributed by atoms with E-state index in [1.807, 2.05) is 0 Å². The van der Waals surface area contributed by atoms with Crippen LogP contribution in [0.4, 0.5) is 10.1 Å². The van der Waals surface area contributed by atoms with Gasteiger partial charge < -0.3 is 15.7 Å². The van der Waals surface area contributed by atoms with Crippen molar-refractivity contribution in [3.8, 4) is 0 Å². The first-order valence-corrected chi connectivity index (χ1v) is 5.99. The Balaban J connectivity index is 2.11. The Morgan fingerprint density at radius 2 is 2.06 bits per heavy atom. The van der Waals surface area contributed by atoms with Gasteiger partial charge in [0.2, 0.25) is 0 Å². The van der Waals surface area contributed by atoms with Crippen molar-refractivity contribution < 1.29 is 9.50 Å². The second-order valence-electron chi connectivity index (χ2n) is 4.86. The third-order valence-electron chi connectivity index (χ3n) is 3.58. The first kappa shape index (κ1) is 12.3. The molecule has 0 saturated carbocycles. The molecule has 0 aliphatic carbocycles. The SMILES string of the molecule is CN1CCC(C(O)c2ccc(F)cc2N)CC1. The van der Waals surface area contributed by atoms with Crippen molar-refractivity contribution in [2.24, 2.45) is 5.92 Å². The summed E-state index contributed by atoms with van der Waals surface area (Å²) in [6.45, 7) is 1.98. The number of nitrogen functional groups attached to an aromatic ring is 1. The van der Waals surface area contributed by atoms with E-state index < -0.39 is 6.10 Å². The first-order valence-electron chi connectivity index (χ1n) is 5.99.